The first-order chi connectivity index (χ1) is 13.6. The van der Waals surface area contributed by atoms with Crippen molar-refractivity contribution >= 4 is 0 Å². The molecule has 0 saturated carbocycles. The monoisotopic (exact) mass is 383 g/mol. The topological polar surface area (TPSA) is 41.9 Å². The van der Waals surface area contributed by atoms with Crippen molar-refractivity contribution in [3.05, 3.63) is 65.7 Å². The predicted octanol–water partition coefficient (Wildman–Crippen LogP) is 4.19. The van der Waals surface area contributed by atoms with E-state index in [-0.39, 0.29) is 5.92 Å². The Kier molecular flexibility index (Phi) is 7.49. The van der Waals surface area contributed by atoms with Gasteiger partial charge in [-0.3, -0.25) is 4.90 Å². The summed E-state index contributed by atoms with van der Waals surface area (Å²) in [5.41, 5.74) is 1.08. The van der Waals surface area contributed by atoms with E-state index in [1.807, 2.05) is 49.4 Å². The van der Waals surface area contributed by atoms with Crippen LogP contribution in [0.1, 0.15) is 43.7 Å². The second-order valence-electron chi connectivity index (χ2n) is 7.75. The third-order valence-electron chi connectivity index (χ3n) is 5.63. The van der Waals surface area contributed by atoms with Crippen molar-refractivity contribution in [3.8, 4) is 5.75 Å². The predicted molar refractivity (Wildman–Crippen MR) is 113 cm³/mol. The molecule has 152 valence electrons. The highest BCUT2D eigenvalue weighted by atomic mass is 16.5. The van der Waals surface area contributed by atoms with E-state index >= 15 is 0 Å². The zero-order valence-electron chi connectivity index (χ0n) is 17.1. The Balaban J connectivity index is 1.80. The van der Waals surface area contributed by atoms with Gasteiger partial charge >= 0.3 is 0 Å². The van der Waals surface area contributed by atoms with E-state index in [2.05, 4.69) is 24.0 Å². The highest BCUT2D eigenvalue weighted by Gasteiger charge is 2.36. The van der Waals surface area contributed by atoms with E-state index in [0.29, 0.717) is 0 Å². The lowest BCUT2D eigenvalue weighted by Gasteiger charge is -2.38. The van der Waals surface area contributed by atoms with Crippen LogP contribution in [0, 0.1) is 0 Å². The molecule has 1 heterocycles. The second-order valence-corrected chi connectivity index (χ2v) is 7.75. The largest absolute Gasteiger partial charge is 0.494 e. The summed E-state index contributed by atoms with van der Waals surface area (Å²) in [6.45, 7) is 8.94. The Labute approximate surface area is 169 Å². The van der Waals surface area contributed by atoms with Gasteiger partial charge in [0.1, 0.15) is 5.75 Å². The van der Waals surface area contributed by atoms with Crippen molar-refractivity contribution in [1.29, 1.82) is 0 Å². The molecule has 2 aromatic carbocycles. The Morgan fingerprint density at radius 3 is 2.39 bits per heavy atom. The summed E-state index contributed by atoms with van der Waals surface area (Å²) in [5, 5.41) is 11.6. The summed E-state index contributed by atoms with van der Waals surface area (Å²) in [5.74, 6) is 0.830. The SMILES string of the molecule is CCCCOc1ccc([C@@](C)(O)[C@H](CN2CCOCC2)c2ccccc2)cc1. The molecule has 2 aromatic rings. The molecule has 0 unspecified atom stereocenters. The van der Waals surface area contributed by atoms with Gasteiger partial charge < -0.3 is 14.6 Å². The maximum absolute atomic E-state index is 11.6. The zero-order chi connectivity index (χ0) is 19.8. The van der Waals surface area contributed by atoms with Gasteiger partial charge in [-0.2, -0.15) is 0 Å². The molecular weight excluding hydrogens is 350 g/mol. The fourth-order valence-corrected chi connectivity index (χ4v) is 3.76. The minimum Gasteiger partial charge on any atom is -0.494 e. The lowest BCUT2D eigenvalue weighted by atomic mass is 9.78. The molecule has 1 saturated heterocycles. The molecule has 1 N–H and O–H groups in total. The van der Waals surface area contributed by atoms with E-state index in [9.17, 15) is 5.11 Å². The van der Waals surface area contributed by atoms with Crippen LogP contribution in [-0.4, -0.2) is 49.5 Å². The summed E-state index contributed by atoms with van der Waals surface area (Å²) < 4.78 is 11.3. The molecule has 0 spiro atoms. The second kappa shape index (κ2) is 10.1. The molecule has 0 bridgehead atoms. The van der Waals surface area contributed by atoms with Gasteiger partial charge in [-0.05, 0) is 36.6 Å². The molecule has 1 fully saturated rings. The van der Waals surface area contributed by atoms with E-state index in [1.54, 1.807) is 0 Å². The minimum absolute atomic E-state index is 0.0290. The summed E-state index contributed by atoms with van der Waals surface area (Å²) in [4.78, 5) is 2.39. The lowest BCUT2D eigenvalue weighted by molar-refractivity contribution is -0.0107. The number of benzene rings is 2. The van der Waals surface area contributed by atoms with Crippen LogP contribution >= 0.6 is 0 Å². The number of nitrogens with zero attached hydrogens (tertiary/aromatic N) is 1. The van der Waals surface area contributed by atoms with Crippen molar-refractivity contribution in [1.82, 2.24) is 4.90 Å². The Hall–Kier alpha value is -1.88. The van der Waals surface area contributed by atoms with E-state index < -0.39 is 5.60 Å². The van der Waals surface area contributed by atoms with Crippen molar-refractivity contribution < 1.29 is 14.6 Å². The van der Waals surface area contributed by atoms with Crippen LogP contribution in [0.3, 0.4) is 0 Å². The number of rotatable bonds is 9. The Morgan fingerprint density at radius 2 is 1.75 bits per heavy atom. The molecule has 4 heteroatoms. The number of unbranched alkanes of at least 4 members (excludes halogenated alkanes) is 1. The molecular formula is C24H33NO3. The van der Waals surface area contributed by atoms with E-state index in [4.69, 9.17) is 9.47 Å². The van der Waals surface area contributed by atoms with Crippen molar-refractivity contribution in [3.63, 3.8) is 0 Å². The van der Waals surface area contributed by atoms with Gasteiger partial charge in [0.05, 0.1) is 25.4 Å². The highest BCUT2D eigenvalue weighted by molar-refractivity contribution is 5.35. The molecule has 0 amide bonds. The van der Waals surface area contributed by atoms with Crippen LogP contribution in [0.5, 0.6) is 5.75 Å². The molecule has 0 aliphatic carbocycles. The number of ether oxygens (including phenoxy) is 2. The average molecular weight is 384 g/mol. The maximum atomic E-state index is 11.6. The van der Waals surface area contributed by atoms with E-state index in [0.717, 1.165) is 69.2 Å². The maximum Gasteiger partial charge on any atom is 0.119 e. The third kappa shape index (κ3) is 5.34. The van der Waals surface area contributed by atoms with Gasteiger partial charge in [0.2, 0.25) is 0 Å². The molecule has 28 heavy (non-hydrogen) atoms. The van der Waals surface area contributed by atoms with Crippen LogP contribution in [-0.2, 0) is 10.3 Å². The number of morpholine rings is 1. The van der Waals surface area contributed by atoms with Crippen molar-refractivity contribution in [2.45, 2.75) is 38.2 Å². The smallest absolute Gasteiger partial charge is 0.119 e. The standard InChI is InChI=1S/C24H33NO3/c1-3-4-16-28-22-12-10-21(11-13-22)24(2,26)23(20-8-6-5-7-9-20)19-25-14-17-27-18-15-25/h5-13,23,26H,3-4,14-19H2,1-2H3/t23-,24-/m1/s1. The average Bonchev–Trinajstić information content (AvgIpc) is 2.74. The quantitative estimate of drug-likeness (QED) is 0.660. The first-order valence-electron chi connectivity index (χ1n) is 10.4. The van der Waals surface area contributed by atoms with Gasteiger partial charge in [0.15, 0.2) is 0 Å². The zero-order valence-corrected chi connectivity index (χ0v) is 17.1. The minimum atomic E-state index is -0.985. The summed E-state index contributed by atoms with van der Waals surface area (Å²) in [7, 11) is 0. The number of hydrogen-bond donors (Lipinski definition) is 1. The van der Waals surface area contributed by atoms with E-state index in [1.165, 1.54) is 0 Å². The van der Waals surface area contributed by atoms with Crippen LogP contribution in [0.2, 0.25) is 0 Å². The van der Waals surface area contributed by atoms with Crippen LogP contribution < -0.4 is 4.74 Å². The normalized spacial score (nSPS) is 18.4. The molecule has 2 atom stereocenters. The highest BCUT2D eigenvalue weighted by Crippen LogP contribution is 2.38. The van der Waals surface area contributed by atoms with Crippen molar-refractivity contribution in [2.75, 3.05) is 39.5 Å². The molecule has 3 rings (SSSR count). The van der Waals surface area contributed by atoms with Crippen LogP contribution in [0.4, 0.5) is 0 Å². The van der Waals surface area contributed by atoms with Gasteiger partial charge in [0, 0.05) is 25.6 Å². The summed E-state index contributed by atoms with van der Waals surface area (Å²) >= 11 is 0. The number of hydrogen-bond acceptors (Lipinski definition) is 4. The first-order valence-corrected chi connectivity index (χ1v) is 10.4. The Morgan fingerprint density at radius 1 is 1.07 bits per heavy atom. The van der Waals surface area contributed by atoms with Gasteiger partial charge in [0.25, 0.3) is 0 Å². The van der Waals surface area contributed by atoms with Crippen LogP contribution in [0.25, 0.3) is 0 Å². The fourth-order valence-electron chi connectivity index (χ4n) is 3.76. The molecule has 0 radical (unpaired) electrons. The Bertz CT molecular complexity index is 694. The van der Waals surface area contributed by atoms with Gasteiger partial charge in [-0.1, -0.05) is 55.8 Å². The molecule has 1 aliphatic heterocycles. The molecule has 4 nitrogen and oxygen atoms in total. The summed E-state index contributed by atoms with van der Waals surface area (Å²) in [6, 6.07) is 18.3. The van der Waals surface area contributed by atoms with Crippen molar-refractivity contribution in [2.24, 2.45) is 0 Å². The number of aliphatic hydroxyl groups is 1. The molecule has 0 aromatic heterocycles. The van der Waals surface area contributed by atoms with Gasteiger partial charge in [-0.25, -0.2) is 0 Å². The lowest BCUT2D eigenvalue weighted by Crippen LogP contribution is -2.43. The van der Waals surface area contributed by atoms with Crippen LogP contribution in [0.15, 0.2) is 54.6 Å². The third-order valence-corrected chi connectivity index (χ3v) is 5.63. The molecule has 1 aliphatic rings. The first kappa shape index (κ1) is 20.8. The van der Waals surface area contributed by atoms with Gasteiger partial charge in [-0.15, -0.1) is 0 Å². The summed E-state index contributed by atoms with van der Waals surface area (Å²) in [6.07, 6.45) is 2.17. The fraction of sp³-hybridized carbons (Fsp3) is 0.500.